The van der Waals surface area contributed by atoms with Crippen molar-refractivity contribution in [1.82, 2.24) is 4.83 Å². The molecule has 0 unspecified atom stereocenters. The van der Waals surface area contributed by atoms with Crippen LogP contribution in [-0.4, -0.2) is 20.9 Å². The molecule has 68 valence electrons. The molecule has 0 fully saturated rings. The lowest BCUT2D eigenvalue weighted by atomic mass is 10.4. The molecular weight excluding hydrogens is 312 g/mol. The van der Waals surface area contributed by atoms with Crippen molar-refractivity contribution in [3.8, 4) is 0 Å². The van der Waals surface area contributed by atoms with E-state index in [1.54, 1.807) is 6.92 Å². The lowest BCUT2D eigenvalue weighted by Gasteiger charge is -2.10. The summed E-state index contributed by atoms with van der Waals surface area (Å²) in [5, 5.41) is 3.77. The highest BCUT2D eigenvalue weighted by Crippen LogP contribution is 2.41. The highest BCUT2D eigenvalue weighted by Gasteiger charge is 2.41. The summed E-state index contributed by atoms with van der Waals surface area (Å²) in [5.41, 5.74) is 0.286. The number of nitrogens with one attached hydrogen (secondary N) is 1. The Morgan fingerprint density at radius 3 is 2.92 bits per heavy atom. The molecule has 1 N–H and O–H groups in total. The smallest absolute Gasteiger partial charge is 0.357 e. The van der Waals surface area contributed by atoms with E-state index in [4.69, 9.17) is 4.74 Å². The van der Waals surface area contributed by atoms with E-state index in [2.05, 4.69) is 41.8 Å². The molecule has 7 heteroatoms. The zero-order valence-electron chi connectivity index (χ0n) is 6.13. The van der Waals surface area contributed by atoms with Crippen molar-refractivity contribution in [2.45, 2.75) is 9.49 Å². The predicted molar refractivity (Wildman–Crippen MR) is 55.4 cm³/mol. The number of rotatable bonds is 2. The van der Waals surface area contributed by atoms with Crippen LogP contribution in [0.2, 0.25) is 0 Å². The molecule has 12 heavy (non-hydrogen) atoms. The second-order valence-corrected chi connectivity index (χ2v) is 7.38. The number of nitrogens with zero attached hydrogens (tertiary/aromatic N) is 1. The van der Waals surface area contributed by atoms with Gasteiger partial charge in [-0.3, -0.25) is 0 Å². The second-order valence-electron chi connectivity index (χ2n) is 1.89. The third kappa shape index (κ3) is 2.14. The second kappa shape index (κ2) is 3.97. The van der Waals surface area contributed by atoms with Crippen LogP contribution in [0.5, 0.6) is 0 Å². The third-order valence-electron chi connectivity index (χ3n) is 1.08. The Hall–Kier alpha value is 0.250. The first-order valence-electron chi connectivity index (χ1n) is 3.14. The minimum atomic E-state index is -0.660. The maximum atomic E-state index is 11.2. The van der Waals surface area contributed by atoms with Gasteiger partial charge in [-0.25, -0.2) is 9.63 Å². The van der Waals surface area contributed by atoms with Gasteiger partial charge in [-0.05, 0) is 6.92 Å². The Kier molecular flexibility index (Phi) is 3.42. The Labute approximate surface area is 90.9 Å². The minimum absolute atomic E-state index is 0.286. The van der Waals surface area contributed by atoms with Crippen molar-refractivity contribution in [3.63, 3.8) is 0 Å². The average Bonchev–Trinajstić information content (AvgIpc) is 2.30. The van der Waals surface area contributed by atoms with Crippen LogP contribution in [0, 0.1) is 0 Å². The van der Waals surface area contributed by atoms with E-state index in [9.17, 15) is 4.79 Å². The monoisotopic (exact) mass is 316 g/mol. The summed E-state index contributed by atoms with van der Waals surface area (Å²) in [6.45, 7) is 2.09. The van der Waals surface area contributed by atoms with Gasteiger partial charge in [-0.2, -0.15) is 5.10 Å². The van der Waals surface area contributed by atoms with Crippen LogP contribution in [0.25, 0.3) is 0 Å². The number of hydrogen-bond donors (Lipinski definition) is 1. The van der Waals surface area contributed by atoms with Crippen molar-refractivity contribution in [3.05, 3.63) is 0 Å². The fourth-order valence-electron chi connectivity index (χ4n) is 0.603. The van der Waals surface area contributed by atoms with Gasteiger partial charge < -0.3 is 4.74 Å². The van der Waals surface area contributed by atoms with E-state index in [-0.39, 0.29) is 5.71 Å². The first kappa shape index (κ1) is 10.3. The summed E-state index contributed by atoms with van der Waals surface area (Å²) in [7, 11) is 0. The standard InChI is InChI=1S/C5H6Br2N2O2S/c1-2-11-4(10)3-5(6,7)12-9-8-3/h9H,2H2,1H3. The molecule has 0 atom stereocenters. The first-order chi connectivity index (χ1) is 5.58. The van der Waals surface area contributed by atoms with Crippen LogP contribution >= 0.6 is 43.8 Å². The van der Waals surface area contributed by atoms with Gasteiger partial charge in [0.05, 0.1) is 6.61 Å². The number of ether oxygens (including phenoxy) is 1. The topological polar surface area (TPSA) is 50.7 Å². The highest BCUT2D eigenvalue weighted by molar-refractivity contribution is 9.28. The van der Waals surface area contributed by atoms with Crippen LogP contribution in [0.3, 0.4) is 0 Å². The zero-order valence-corrected chi connectivity index (χ0v) is 10.1. The van der Waals surface area contributed by atoms with E-state index in [0.29, 0.717) is 6.61 Å². The molecule has 0 aliphatic carbocycles. The van der Waals surface area contributed by atoms with E-state index in [1.807, 2.05) is 0 Å². The Morgan fingerprint density at radius 2 is 2.50 bits per heavy atom. The molecule has 0 amide bonds. The van der Waals surface area contributed by atoms with E-state index >= 15 is 0 Å². The predicted octanol–water partition coefficient (Wildman–Crippen LogP) is 1.60. The Bertz CT molecular complexity index is 231. The fourth-order valence-corrected chi connectivity index (χ4v) is 2.02. The molecule has 0 aromatic rings. The maximum absolute atomic E-state index is 11.2. The van der Waals surface area contributed by atoms with Crippen molar-refractivity contribution in [2.75, 3.05) is 6.61 Å². The summed E-state index contributed by atoms with van der Waals surface area (Å²) in [4.78, 5) is 13.8. The molecule has 1 aliphatic rings. The lowest BCUT2D eigenvalue weighted by molar-refractivity contribution is -0.135. The van der Waals surface area contributed by atoms with Crippen molar-refractivity contribution < 1.29 is 9.53 Å². The van der Waals surface area contributed by atoms with Crippen LogP contribution in [0.15, 0.2) is 5.10 Å². The molecule has 0 radical (unpaired) electrons. The quantitative estimate of drug-likeness (QED) is 0.477. The van der Waals surface area contributed by atoms with E-state index in [0.717, 1.165) is 0 Å². The van der Waals surface area contributed by atoms with Crippen molar-refractivity contribution >= 4 is 55.5 Å². The molecule has 0 bridgehead atoms. The molecule has 0 spiro atoms. The van der Waals surface area contributed by atoms with Gasteiger partial charge in [0.1, 0.15) is 0 Å². The SMILES string of the molecule is CCOC(=O)C1=NNSC1(Br)Br. The molecular formula is C5H6Br2N2O2S. The normalized spacial score (nSPS) is 19.8. The largest absolute Gasteiger partial charge is 0.461 e. The number of hydrogen-bond acceptors (Lipinski definition) is 5. The maximum Gasteiger partial charge on any atom is 0.357 e. The number of carbonyl (C=O) groups excluding carboxylic acids is 1. The van der Waals surface area contributed by atoms with Gasteiger partial charge in [0, 0.05) is 11.9 Å². The van der Waals surface area contributed by atoms with Crippen LogP contribution in [0.1, 0.15) is 6.92 Å². The van der Waals surface area contributed by atoms with Crippen LogP contribution in [-0.2, 0) is 9.53 Å². The number of esters is 1. The van der Waals surface area contributed by atoms with Crippen molar-refractivity contribution in [1.29, 1.82) is 0 Å². The summed E-state index contributed by atoms with van der Waals surface area (Å²) in [6, 6.07) is 0. The van der Waals surface area contributed by atoms with Crippen LogP contribution in [0.4, 0.5) is 0 Å². The fraction of sp³-hybridized carbons (Fsp3) is 0.600. The van der Waals surface area contributed by atoms with E-state index < -0.39 is 8.53 Å². The molecule has 0 aromatic carbocycles. The molecule has 1 heterocycles. The number of carbonyl (C=O) groups is 1. The molecule has 1 aliphatic heterocycles. The van der Waals surface area contributed by atoms with Gasteiger partial charge in [0.15, 0.2) is 8.28 Å². The van der Waals surface area contributed by atoms with Gasteiger partial charge >= 0.3 is 5.97 Å². The Balaban J connectivity index is 2.68. The molecule has 0 saturated carbocycles. The number of alkyl halides is 2. The third-order valence-corrected chi connectivity index (χ3v) is 3.43. The Morgan fingerprint density at radius 1 is 1.83 bits per heavy atom. The van der Waals surface area contributed by atoms with Crippen molar-refractivity contribution in [2.24, 2.45) is 5.10 Å². The number of halogens is 2. The van der Waals surface area contributed by atoms with Gasteiger partial charge in [-0.15, -0.1) is 0 Å². The highest BCUT2D eigenvalue weighted by atomic mass is 79.9. The molecule has 4 nitrogen and oxygen atoms in total. The average molecular weight is 318 g/mol. The first-order valence-corrected chi connectivity index (χ1v) is 5.54. The summed E-state index contributed by atoms with van der Waals surface area (Å²) >= 11 is 7.77. The zero-order chi connectivity index (χ0) is 9.19. The summed E-state index contributed by atoms with van der Waals surface area (Å²) in [6.07, 6.45) is 0. The lowest BCUT2D eigenvalue weighted by Crippen LogP contribution is -2.28. The van der Waals surface area contributed by atoms with Gasteiger partial charge in [-0.1, -0.05) is 31.9 Å². The van der Waals surface area contributed by atoms with Gasteiger partial charge in [0.25, 0.3) is 0 Å². The summed E-state index contributed by atoms with van der Waals surface area (Å²) in [5.74, 6) is -0.427. The van der Waals surface area contributed by atoms with Crippen LogP contribution < -0.4 is 4.83 Å². The number of hydrazone groups is 1. The van der Waals surface area contributed by atoms with E-state index in [1.165, 1.54) is 11.9 Å². The molecule has 1 rings (SSSR count). The molecule has 0 saturated heterocycles. The minimum Gasteiger partial charge on any atom is -0.461 e. The van der Waals surface area contributed by atoms with Gasteiger partial charge in [0.2, 0.25) is 0 Å². The summed E-state index contributed by atoms with van der Waals surface area (Å²) < 4.78 is 4.12. The molecule has 0 aromatic heterocycles.